The minimum absolute atomic E-state index is 0.246. The Balaban J connectivity index is 1.36. The fourth-order valence-corrected chi connectivity index (χ4v) is 4.09. The molecule has 2 atom stereocenters. The highest BCUT2D eigenvalue weighted by molar-refractivity contribution is 5.91. The molecule has 2 heterocycles. The largest absolute Gasteiger partial charge is 0.494 e. The van der Waals surface area contributed by atoms with Gasteiger partial charge >= 0.3 is 0 Å². The van der Waals surface area contributed by atoms with Crippen LogP contribution in [-0.4, -0.2) is 22.1 Å². The molecule has 0 saturated carbocycles. The quantitative estimate of drug-likeness (QED) is 0.260. The molecule has 0 aliphatic heterocycles. The van der Waals surface area contributed by atoms with Gasteiger partial charge in [0.25, 0.3) is 5.91 Å². The summed E-state index contributed by atoms with van der Waals surface area (Å²) >= 11 is 0. The zero-order valence-electron chi connectivity index (χ0n) is 20.2. The first kappa shape index (κ1) is 23.6. The number of unbranched alkanes of at least 4 members (excludes halogenated alkanes) is 1. The third-order valence-electron chi connectivity index (χ3n) is 6.27. The van der Waals surface area contributed by atoms with Crippen molar-refractivity contribution >= 4 is 16.9 Å². The van der Waals surface area contributed by atoms with E-state index in [9.17, 15) is 4.79 Å². The van der Waals surface area contributed by atoms with E-state index in [1.165, 1.54) is 11.8 Å². The number of amides is 1. The number of ether oxygens (including phenoxy) is 1. The van der Waals surface area contributed by atoms with Crippen LogP contribution in [0.25, 0.3) is 11.0 Å². The fourth-order valence-electron chi connectivity index (χ4n) is 4.09. The van der Waals surface area contributed by atoms with E-state index in [4.69, 9.17) is 14.1 Å². The highest BCUT2D eigenvalue weighted by Gasteiger charge is 2.20. The highest BCUT2D eigenvalue weighted by Crippen LogP contribution is 2.23. The van der Waals surface area contributed by atoms with E-state index in [2.05, 4.69) is 54.1 Å². The van der Waals surface area contributed by atoms with Crippen LogP contribution in [0.5, 0.6) is 5.75 Å². The zero-order valence-corrected chi connectivity index (χ0v) is 20.2. The molecule has 34 heavy (non-hydrogen) atoms. The first-order chi connectivity index (χ1) is 16.6. The van der Waals surface area contributed by atoms with Gasteiger partial charge in [-0.25, -0.2) is 4.98 Å². The van der Waals surface area contributed by atoms with Crippen molar-refractivity contribution in [1.82, 2.24) is 14.9 Å². The topological polar surface area (TPSA) is 69.3 Å². The Morgan fingerprint density at radius 2 is 1.85 bits per heavy atom. The molecule has 0 radical (unpaired) electrons. The number of nitrogens with zero attached hydrogens (tertiary/aromatic N) is 2. The Hall–Kier alpha value is -3.54. The number of carbonyl (C=O) groups excluding carboxylic acids is 1. The van der Waals surface area contributed by atoms with Crippen molar-refractivity contribution in [2.24, 2.45) is 0 Å². The van der Waals surface area contributed by atoms with Crippen molar-refractivity contribution in [1.29, 1.82) is 0 Å². The van der Waals surface area contributed by atoms with Gasteiger partial charge in [0.2, 0.25) is 0 Å². The number of aryl methyl sites for hydroxylation is 1. The second kappa shape index (κ2) is 11.1. The average Bonchev–Trinajstić information content (AvgIpc) is 3.52. The Kier molecular flexibility index (Phi) is 7.68. The number of hydrogen-bond donors (Lipinski definition) is 1. The van der Waals surface area contributed by atoms with E-state index < -0.39 is 0 Å². The van der Waals surface area contributed by atoms with Gasteiger partial charge < -0.3 is 19.0 Å². The molecule has 0 saturated heterocycles. The molecule has 4 rings (SSSR count). The minimum Gasteiger partial charge on any atom is -0.494 e. The fraction of sp³-hybridized carbons (Fsp3) is 0.357. The molecule has 0 aliphatic rings. The van der Waals surface area contributed by atoms with Crippen LogP contribution in [0.4, 0.5) is 0 Å². The van der Waals surface area contributed by atoms with Gasteiger partial charge in [-0.15, -0.1) is 0 Å². The summed E-state index contributed by atoms with van der Waals surface area (Å²) in [4.78, 5) is 17.3. The number of fused-ring (bicyclic) bond motifs is 1. The monoisotopic (exact) mass is 459 g/mol. The molecule has 4 aromatic rings. The molecule has 178 valence electrons. The lowest BCUT2D eigenvalue weighted by molar-refractivity contribution is 0.0909. The minimum atomic E-state index is -0.259. The Morgan fingerprint density at radius 3 is 2.59 bits per heavy atom. The summed E-state index contributed by atoms with van der Waals surface area (Å²) in [5.41, 5.74) is 3.34. The first-order valence-electron chi connectivity index (χ1n) is 12.1. The van der Waals surface area contributed by atoms with Gasteiger partial charge in [0.1, 0.15) is 11.6 Å². The number of aromatic nitrogens is 2. The van der Waals surface area contributed by atoms with Crippen molar-refractivity contribution < 1.29 is 13.9 Å². The first-order valence-corrected chi connectivity index (χ1v) is 12.1. The van der Waals surface area contributed by atoms with Gasteiger partial charge in [-0.3, -0.25) is 4.79 Å². The second-order valence-electron chi connectivity index (χ2n) is 8.72. The number of hydrogen-bond acceptors (Lipinski definition) is 4. The molecule has 2 unspecified atom stereocenters. The van der Waals surface area contributed by atoms with Crippen molar-refractivity contribution in [2.45, 2.75) is 58.5 Å². The Labute approximate surface area is 200 Å². The molecule has 0 spiro atoms. The molecule has 0 fully saturated rings. The molecule has 0 aliphatic carbocycles. The number of para-hydroxylation sites is 2. The van der Waals surface area contributed by atoms with Crippen LogP contribution >= 0.6 is 0 Å². The summed E-state index contributed by atoms with van der Waals surface area (Å²) in [5, 5.41) is 3.00. The predicted octanol–water partition coefficient (Wildman–Crippen LogP) is 6.49. The number of rotatable bonds is 11. The van der Waals surface area contributed by atoms with E-state index in [0.29, 0.717) is 18.3 Å². The maximum atomic E-state index is 12.5. The molecular weight excluding hydrogens is 426 g/mol. The highest BCUT2D eigenvalue weighted by atomic mass is 16.5. The molecule has 1 N–H and O–H groups in total. The summed E-state index contributed by atoms with van der Waals surface area (Å²) in [5.74, 6) is 2.37. The molecule has 2 aromatic heterocycles. The van der Waals surface area contributed by atoms with E-state index in [1.807, 2.05) is 25.1 Å². The predicted molar refractivity (Wildman–Crippen MR) is 134 cm³/mol. The molecule has 2 aromatic carbocycles. The van der Waals surface area contributed by atoms with Crippen LogP contribution in [-0.2, 0) is 6.54 Å². The Morgan fingerprint density at radius 1 is 1.06 bits per heavy atom. The second-order valence-corrected chi connectivity index (χ2v) is 8.72. The summed E-state index contributed by atoms with van der Waals surface area (Å²) < 4.78 is 13.4. The van der Waals surface area contributed by atoms with Gasteiger partial charge in [-0.1, -0.05) is 38.1 Å². The number of furan rings is 1. The van der Waals surface area contributed by atoms with E-state index in [-0.39, 0.29) is 11.9 Å². The van der Waals surface area contributed by atoms with Crippen LogP contribution in [0.3, 0.4) is 0 Å². The van der Waals surface area contributed by atoms with Crippen molar-refractivity contribution in [3.8, 4) is 5.75 Å². The van der Waals surface area contributed by atoms with Crippen molar-refractivity contribution in [3.05, 3.63) is 84.1 Å². The van der Waals surface area contributed by atoms with Crippen LogP contribution in [0, 0.1) is 0 Å². The molecule has 6 nitrogen and oxygen atoms in total. The molecule has 1 amide bonds. The van der Waals surface area contributed by atoms with Crippen LogP contribution in [0.15, 0.2) is 71.3 Å². The third-order valence-corrected chi connectivity index (χ3v) is 6.27. The van der Waals surface area contributed by atoms with Gasteiger partial charge in [0.05, 0.1) is 29.9 Å². The summed E-state index contributed by atoms with van der Waals surface area (Å²) in [6.45, 7) is 7.86. The van der Waals surface area contributed by atoms with Gasteiger partial charge in [0, 0.05) is 6.54 Å². The van der Waals surface area contributed by atoms with E-state index >= 15 is 0 Å². The summed E-state index contributed by atoms with van der Waals surface area (Å²) in [6.07, 6.45) is 4.50. The maximum Gasteiger partial charge on any atom is 0.287 e. The molecule has 6 heteroatoms. The Bertz CT molecular complexity index is 1200. The van der Waals surface area contributed by atoms with E-state index in [1.54, 1.807) is 12.1 Å². The lowest BCUT2D eigenvalue weighted by atomic mass is 9.99. The number of carbonyl (C=O) groups is 1. The summed E-state index contributed by atoms with van der Waals surface area (Å²) in [6, 6.07) is 19.6. The smallest absolute Gasteiger partial charge is 0.287 e. The number of benzene rings is 2. The molecule has 0 bridgehead atoms. The average molecular weight is 460 g/mol. The lowest BCUT2D eigenvalue weighted by Gasteiger charge is -2.16. The molecular formula is C28H33N3O3. The summed E-state index contributed by atoms with van der Waals surface area (Å²) in [7, 11) is 0. The van der Waals surface area contributed by atoms with Gasteiger partial charge in [0.15, 0.2) is 5.76 Å². The lowest BCUT2D eigenvalue weighted by Crippen LogP contribution is -2.28. The van der Waals surface area contributed by atoms with Crippen LogP contribution in [0.2, 0.25) is 0 Å². The third kappa shape index (κ3) is 5.50. The number of imidazole rings is 1. The van der Waals surface area contributed by atoms with Crippen molar-refractivity contribution in [2.75, 3.05) is 6.61 Å². The van der Waals surface area contributed by atoms with E-state index in [0.717, 1.165) is 48.4 Å². The van der Waals surface area contributed by atoms with Crippen LogP contribution < -0.4 is 10.1 Å². The maximum absolute atomic E-state index is 12.5. The number of nitrogens with one attached hydrogen (secondary N) is 1. The van der Waals surface area contributed by atoms with Crippen molar-refractivity contribution in [3.63, 3.8) is 0 Å². The van der Waals surface area contributed by atoms with Crippen LogP contribution in [0.1, 0.15) is 73.9 Å². The van der Waals surface area contributed by atoms with Gasteiger partial charge in [-0.2, -0.15) is 0 Å². The zero-order chi connectivity index (χ0) is 23.9. The normalized spacial score (nSPS) is 13.0. The SMILES string of the molecule is CCC(C)c1ccc(OCCCCn2c(C(C)NC(=O)c3ccco3)nc3ccccc32)cc1. The standard InChI is InChI=1S/C28H33N3O3/c1-4-20(2)22-13-15-23(16-14-22)33-18-8-7-17-31-25-11-6-5-10-24(25)30-27(31)21(3)29-28(32)26-12-9-19-34-26/h5-6,9-16,19-21H,4,7-8,17-18H2,1-3H3,(H,29,32). The van der Waals surface area contributed by atoms with Gasteiger partial charge in [-0.05, 0) is 74.1 Å².